The quantitative estimate of drug-likeness (QED) is 0.717. The lowest BCUT2D eigenvalue weighted by Gasteiger charge is -2.33. The Labute approximate surface area is 107 Å². The summed E-state index contributed by atoms with van der Waals surface area (Å²) in [6.07, 6.45) is 0.288. The zero-order chi connectivity index (χ0) is 13.4. The van der Waals surface area contributed by atoms with Crippen LogP contribution in [0.2, 0.25) is 0 Å². The van der Waals surface area contributed by atoms with E-state index in [1.807, 2.05) is 0 Å². The third-order valence-corrected chi connectivity index (χ3v) is 3.28. The van der Waals surface area contributed by atoms with Crippen molar-refractivity contribution in [1.29, 1.82) is 0 Å². The Morgan fingerprint density at radius 2 is 2.06 bits per heavy atom. The number of hydrogen-bond donors (Lipinski definition) is 1. The van der Waals surface area contributed by atoms with Crippen molar-refractivity contribution < 1.29 is 17.9 Å². The van der Waals surface area contributed by atoms with Gasteiger partial charge in [0, 0.05) is 12.6 Å². The third-order valence-electron chi connectivity index (χ3n) is 3.28. The van der Waals surface area contributed by atoms with E-state index < -0.39 is 6.36 Å². The highest BCUT2D eigenvalue weighted by Crippen LogP contribution is 2.16. The Bertz CT molecular complexity index is 224. The Balaban J connectivity index is 1.92. The fourth-order valence-corrected chi connectivity index (χ4v) is 2.26. The highest BCUT2D eigenvalue weighted by Gasteiger charge is 2.28. The topological polar surface area (TPSA) is 24.5 Å². The Morgan fingerprint density at radius 3 is 2.72 bits per heavy atom. The molecular formula is C12H23F3N2O. The SMILES string of the molecule is CC1CCCCN1CCCNCCOC(F)(F)F. The summed E-state index contributed by atoms with van der Waals surface area (Å²) in [4.78, 5) is 2.46. The number of alkyl halides is 3. The summed E-state index contributed by atoms with van der Waals surface area (Å²) in [5.41, 5.74) is 0. The Kier molecular flexibility index (Phi) is 6.96. The van der Waals surface area contributed by atoms with Crippen LogP contribution >= 0.6 is 0 Å². The second kappa shape index (κ2) is 7.96. The van der Waals surface area contributed by atoms with Gasteiger partial charge in [-0.2, -0.15) is 0 Å². The molecule has 18 heavy (non-hydrogen) atoms. The maximum absolute atomic E-state index is 11.7. The van der Waals surface area contributed by atoms with Gasteiger partial charge < -0.3 is 10.2 Å². The summed E-state index contributed by atoms with van der Waals surface area (Å²) in [6, 6.07) is 0.646. The van der Waals surface area contributed by atoms with Crippen molar-refractivity contribution in [1.82, 2.24) is 10.2 Å². The summed E-state index contributed by atoms with van der Waals surface area (Å²) in [5.74, 6) is 0. The Morgan fingerprint density at radius 1 is 1.28 bits per heavy atom. The predicted octanol–water partition coefficient (Wildman–Crippen LogP) is 2.38. The number of likely N-dealkylation sites (tertiary alicyclic amines) is 1. The van der Waals surface area contributed by atoms with Gasteiger partial charge in [0.05, 0.1) is 6.61 Å². The first-order valence-corrected chi connectivity index (χ1v) is 6.64. The van der Waals surface area contributed by atoms with Crippen molar-refractivity contribution in [2.75, 3.05) is 32.8 Å². The van der Waals surface area contributed by atoms with Gasteiger partial charge in [0.25, 0.3) is 0 Å². The maximum Gasteiger partial charge on any atom is 0.522 e. The number of halogens is 3. The van der Waals surface area contributed by atoms with E-state index in [0.29, 0.717) is 6.04 Å². The molecule has 0 aromatic heterocycles. The van der Waals surface area contributed by atoms with Crippen molar-refractivity contribution >= 4 is 0 Å². The monoisotopic (exact) mass is 268 g/mol. The predicted molar refractivity (Wildman–Crippen MR) is 64.4 cm³/mol. The van der Waals surface area contributed by atoms with Gasteiger partial charge in [0.15, 0.2) is 0 Å². The minimum atomic E-state index is -4.51. The molecule has 1 heterocycles. The molecule has 1 N–H and O–H groups in total. The minimum absolute atomic E-state index is 0.245. The van der Waals surface area contributed by atoms with E-state index in [9.17, 15) is 13.2 Å². The van der Waals surface area contributed by atoms with Gasteiger partial charge in [-0.25, -0.2) is 0 Å². The molecule has 1 aliphatic rings. The molecule has 0 bridgehead atoms. The van der Waals surface area contributed by atoms with E-state index in [2.05, 4.69) is 21.9 Å². The summed E-state index contributed by atoms with van der Waals surface area (Å²) in [7, 11) is 0. The van der Waals surface area contributed by atoms with E-state index in [1.54, 1.807) is 0 Å². The first kappa shape index (κ1) is 15.7. The van der Waals surface area contributed by atoms with Gasteiger partial charge in [0.2, 0.25) is 0 Å². The normalized spacial score (nSPS) is 22.3. The molecule has 0 spiro atoms. The van der Waals surface area contributed by atoms with Gasteiger partial charge in [-0.05, 0) is 45.8 Å². The minimum Gasteiger partial charge on any atom is -0.314 e. The summed E-state index contributed by atoms with van der Waals surface area (Å²) < 4.78 is 38.7. The van der Waals surface area contributed by atoms with Crippen LogP contribution in [0.5, 0.6) is 0 Å². The molecule has 6 heteroatoms. The highest BCUT2D eigenvalue weighted by atomic mass is 19.4. The van der Waals surface area contributed by atoms with Crippen LogP contribution in [0.15, 0.2) is 0 Å². The van der Waals surface area contributed by atoms with E-state index >= 15 is 0 Å². The van der Waals surface area contributed by atoms with Crippen LogP contribution in [0.25, 0.3) is 0 Å². The fourth-order valence-electron chi connectivity index (χ4n) is 2.26. The average molecular weight is 268 g/mol. The zero-order valence-electron chi connectivity index (χ0n) is 10.9. The van der Waals surface area contributed by atoms with Crippen LogP contribution < -0.4 is 5.32 Å². The molecule has 0 aromatic rings. The lowest BCUT2D eigenvalue weighted by molar-refractivity contribution is -0.323. The molecule has 0 aliphatic carbocycles. The number of rotatable bonds is 7. The van der Waals surface area contributed by atoms with E-state index in [0.717, 1.165) is 26.1 Å². The molecule has 1 aliphatic heterocycles. The van der Waals surface area contributed by atoms with E-state index in [-0.39, 0.29) is 13.2 Å². The summed E-state index contributed by atoms with van der Waals surface area (Å²) in [5, 5.41) is 2.96. The molecule has 1 unspecified atom stereocenters. The second-order valence-electron chi connectivity index (χ2n) is 4.78. The van der Waals surface area contributed by atoms with Crippen molar-refractivity contribution in [2.45, 2.75) is 45.0 Å². The largest absolute Gasteiger partial charge is 0.522 e. The standard InChI is InChI=1S/C12H23F3N2O/c1-11-5-2-3-8-17(11)9-4-6-16-7-10-18-12(13,14)15/h11,16H,2-10H2,1H3. The molecule has 108 valence electrons. The third kappa shape index (κ3) is 7.18. The molecule has 1 rings (SSSR count). The van der Waals surface area contributed by atoms with Crippen LogP contribution in [-0.2, 0) is 4.74 Å². The number of piperidine rings is 1. The number of nitrogens with zero attached hydrogens (tertiary/aromatic N) is 1. The molecule has 0 amide bonds. The van der Waals surface area contributed by atoms with Gasteiger partial charge in [-0.1, -0.05) is 6.42 Å². The maximum atomic E-state index is 11.7. The smallest absolute Gasteiger partial charge is 0.314 e. The molecule has 0 aromatic carbocycles. The summed E-state index contributed by atoms with van der Waals surface area (Å²) in [6.45, 7) is 5.08. The van der Waals surface area contributed by atoms with Crippen LogP contribution in [0.4, 0.5) is 13.2 Å². The first-order chi connectivity index (χ1) is 8.49. The molecule has 1 saturated heterocycles. The van der Waals surface area contributed by atoms with Gasteiger partial charge in [0.1, 0.15) is 0 Å². The zero-order valence-corrected chi connectivity index (χ0v) is 10.9. The van der Waals surface area contributed by atoms with Crippen LogP contribution in [0.1, 0.15) is 32.6 Å². The lowest BCUT2D eigenvalue weighted by Crippen LogP contribution is -2.39. The lowest BCUT2D eigenvalue weighted by atomic mass is 10.0. The van der Waals surface area contributed by atoms with Crippen molar-refractivity contribution in [2.24, 2.45) is 0 Å². The molecule has 0 saturated carbocycles. The number of hydrogen-bond acceptors (Lipinski definition) is 3. The number of ether oxygens (including phenoxy) is 1. The van der Waals surface area contributed by atoms with Crippen LogP contribution in [-0.4, -0.2) is 50.1 Å². The molecule has 0 radical (unpaired) electrons. The second-order valence-corrected chi connectivity index (χ2v) is 4.78. The van der Waals surface area contributed by atoms with E-state index in [1.165, 1.54) is 19.3 Å². The van der Waals surface area contributed by atoms with Crippen molar-refractivity contribution in [3.63, 3.8) is 0 Å². The fraction of sp³-hybridized carbons (Fsp3) is 1.00. The molecule has 1 atom stereocenters. The van der Waals surface area contributed by atoms with Gasteiger partial charge >= 0.3 is 6.36 Å². The Hall–Kier alpha value is -0.330. The van der Waals surface area contributed by atoms with Crippen molar-refractivity contribution in [3.8, 4) is 0 Å². The average Bonchev–Trinajstić information content (AvgIpc) is 2.28. The van der Waals surface area contributed by atoms with Crippen LogP contribution in [0, 0.1) is 0 Å². The molecule has 3 nitrogen and oxygen atoms in total. The van der Waals surface area contributed by atoms with Gasteiger partial charge in [-0.3, -0.25) is 4.74 Å². The molecule has 1 fully saturated rings. The van der Waals surface area contributed by atoms with Gasteiger partial charge in [-0.15, -0.1) is 13.2 Å². The first-order valence-electron chi connectivity index (χ1n) is 6.64. The van der Waals surface area contributed by atoms with Crippen molar-refractivity contribution in [3.05, 3.63) is 0 Å². The summed E-state index contributed by atoms with van der Waals surface area (Å²) >= 11 is 0. The van der Waals surface area contributed by atoms with Crippen LogP contribution in [0.3, 0.4) is 0 Å². The van der Waals surface area contributed by atoms with E-state index in [4.69, 9.17) is 0 Å². The highest BCUT2D eigenvalue weighted by molar-refractivity contribution is 4.72. The number of nitrogens with one attached hydrogen (secondary N) is 1. The molecular weight excluding hydrogens is 245 g/mol.